The van der Waals surface area contributed by atoms with E-state index in [1.54, 1.807) is 48.5 Å². The Kier molecular flexibility index (Phi) is 9.94. The van der Waals surface area contributed by atoms with Crippen molar-refractivity contribution in [3.05, 3.63) is 101 Å². The molecule has 0 aliphatic rings. The number of benzene rings is 3. The van der Waals surface area contributed by atoms with Crippen molar-refractivity contribution in [2.45, 2.75) is 45.8 Å². The van der Waals surface area contributed by atoms with E-state index in [2.05, 4.69) is 5.32 Å². The Morgan fingerprint density at radius 3 is 2.11 bits per heavy atom. The first-order valence-electron chi connectivity index (χ1n) is 12.4. The normalized spacial score (nSPS) is 12.2. The molecule has 1 atom stereocenters. The summed E-state index contributed by atoms with van der Waals surface area (Å²) >= 11 is 6.45. The Labute approximate surface area is 230 Å². The summed E-state index contributed by atoms with van der Waals surface area (Å²) in [7, 11) is -3.81. The number of carbonyl (C=O) groups excluding carboxylic acids is 2. The third-order valence-electron chi connectivity index (χ3n) is 6.00. The zero-order valence-corrected chi connectivity index (χ0v) is 23.7. The first-order chi connectivity index (χ1) is 18.0. The van der Waals surface area contributed by atoms with Crippen molar-refractivity contribution in [3.8, 4) is 0 Å². The van der Waals surface area contributed by atoms with Gasteiger partial charge in [0.15, 0.2) is 0 Å². The number of sulfonamides is 1. The highest BCUT2D eigenvalue weighted by atomic mass is 35.5. The first kappa shape index (κ1) is 29.2. The summed E-state index contributed by atoms with van der Waals surface area (Å²) in [5, 5.41) is 3.37. The fraction of sp³-hybridized carbons (Fsp3) is 0.310. The van der Waals surface area contributed by atoms with E-state index in [4.69, 9.17) is 11.6 Å². The molecule has 7 nitrogen and oxygen atoms in total. The zero-order chi connectivity index (χ0) is 27.9. The number of anilines is 1. The van der Waals surface area contributed by atoms with Gasteiger partial charge in [-0.05, 0) is 50.1 Å². The molecule has 0 fully saturated rings. The standard InChI is InChI=1S/C29H34ClN3O4S/c1-21(2)31-29(35)27(18-23-10-6-5-7-11-23)32(19-24-12-8-9-13-26(24)30)28(34)20-33(38(4,36)37)25-16-14-22(3)15-17-25/h5-17,21,27H,18-20H2,1-4H3,(H,31,35)/t27-/m1/s1. The number of rotatable bonds is 11. The minimum atomic E-state index is -3.81. The molecule has 0 radical (unpaired) electrons. The van der Waals surface area contributed by atoms with Crippen molar-refractivity contribution in [1.82, 2.24) is 10.2 Å². The Balaban J connectivity index is 2.06. The molecule has 0 saturated carbocycles. The molecule has 3 aromatic carbocycles. The number of hydrogen-bond donors (Lipinski definition) is 1. The fourth-order valence-electron chi connectivity index (χ4n) is 4.07. The van der Waals surface area contributed by atoms with Crippen LogP contribution in [0.15, 0.2) is 78.9 Å². The second kappa shape index (κ2) is 12.9. The summed E-state index contributed by atoms with van der Waals surface area (Å²) in [6.45, 7) is 5.16. The van der Waals surface area contributed by atoms with Crippen molar-refractivity contribution in [2.75, 3.05) is 17.1 Å². The molecule has 1 N–H and O–H groups in total. The van der Waals surface area contributed by atoms with Gasteiger partial charge in [0.2, 0.25) is 21.8 Å². The number of carbonyl (C=O) groups is 2. The monoisotopic (exact) mass is 555 g/mol. The maximum absolute atomic E-state index is 14.0. The summed E-state index contributed by atoms with van der Waals surface area (Å²) in [5.41, 5.74) is 2.85. The van der Waals surface area contributed by atoms with Crippen molar-refractivity contribution in [3.63, 3.8) is 0 Å². The second-order valence-corrected chi connectivity index (χ2v) is 11.9. The molecule has 0 aromatic heterocycles. The van der Waals surface area contributed by atoms with Crippen molar-refractivity contribution >= 4 is 39.1 Å². The molecule has 3 rings (SSSR count). The van der Waals surface area contributed by atoms with Crippen molar-refractivity contribution < 1.29 is 18.0 Å². The van der Waals surface area contributed by atoms with Crippen molar-refractivity contribution in [1.29, 1.82) is 0 Å². The van der Waals surface area contributed by atoms with Gasteiger partial charge in [0.25, 0.3) is 0 Å². The molecule has 0 aliphatic heterocycles. The van der Waals surface area contributed by atoms with E-state index in [1.807, 2.05) is 51.1 Å². The predicted octanol–water partition coefficient (Wildman–Crippen LogP) is 4.58. The Morgan fingerprint density at radius 2 is 1.53 bits per heavy atom. The lowest BCUT2D eigenvalue weighted by Gasteiger charge is -2.34. The summed E-state index contributed by atoms with van der Waals surface area (Å²) in [6, 6.07) is 22.3. The van der Waals surface area contributed by atoms with Gasteiger partial charge in [-0.25, -0.2) is 8.42 Å². The quantitative estimate of drug-likeness (QED) is 0.375. The molecule has 38 heavy (non-hydrogen) atoms. The summed E-state index contributed by atoms with van der Waals surface area (Å²) in [4.78, 5) is 28.9. The third kappa shape index (κ3) is 8.07. The van der Waals surface area contributed by atoms with E-state index in [9.17, 15) is 18.0 Å². The molecule has 0 bridgehead atoms. The lowest BCUT2D eigenvalue weighted by molar-refractivity contribution is -0.140. The Hall–Kier alpha value is -3.36. The number of aryl methyl sites for hydroxylation is 1. The summed E-state index contributed by atoms with van der Waals surface area (Å²) in [6.07, 6.45) is 1.31. The molecule has 0 spiro atoms. The number of amides is 2. The van der Waals surface area contributed by atoms with Crippen LogP contribution in [0.4, 0.5) is 5.69 Å². The number of halogens is 1. The van der Waals surface area contributed by atoms with E-state index >= 15 is 0 Å². The molecule has 3 aromatic rings. The van der Waals surface area contributed by atoms with E-state index < -0.39 is 28.5 Å². The SMILES string of the molecule is Cc1ccc(N(CC(=O)N(Cc2ccccc2Cl)[C@H](Cc2ccccc2)C(=O)NC(C)C)S(C)(=O)=O)cc1. The second-order valence-electron chi connectivity index (χ2n) is 9.59. The van der Waals surface area contributed by atoms with Gasteiger partial charge in [0, 0.05) is 24.0 Å². The molecular weight excluding hydrogens is 522 g/mol. The van der Waals surface area contributed by atoms with E-state index in [-0.39, 0.29) is 24.9 Å². The lowest BCUT2D eigenvalue weighted by Crippen LogP contribution is -2.54. The lowest BCUT2D eigenvalue weighted by atomic mass is 10.0. The highest BCUT2D eigenvalue weighted by molar-refractivity contribution is 7.92. The number of hydrogen-bond acceptors (Lipinski definition) is 4. The van der Waals surface area contributed by atoms with Gasteiger partial charge in [-0.15, -0.1) is 0 Å². The van der Waals surface area contributed by atoms with Crippen LogP contribution in [0.5, 0.6) is 0 Å². The van der Waals surface area contributed by atoms with Gasteiger partial charge >= 0.3 is 0 Å². The molecule has 9 heteroatoms. The van der Waals surface area contributed by atoms with Crippen LogP contribution < -0.4 is 9.62 Å². The predicted molar refractivity (Wildman–Crippen MR) is 153 cm³/mol. The van der Waals surface area contributed by atoms with Crippen molar-refractivity contribution in [2.24, 2.45) is 0 Å². The maximum Gasteiger partial charge on any atom is 0.244 e. The minimum Gasteiger partial charge on any atom is -0.352 e. The fourth-order valence-corrected chi connectivity index (χ4v) is 5.11. The summed E-state index contributed by atoms with van der Waals surface area (Å²) < 4.78 is 26.6. The maximum atomic E-state index is 14.0. The average Bonchev–Trinajstić information content (AvgIpc) is 2.85. The molecule has 202 valence electrons. The number of nitrogens with zero attached hydrogens (tertiary/aromatic N) is 2. The topological polar surface area (TPSA) is 86.8 Å². The molecule has 0 saturated heterocycles. The van der Waals surface area contributed by atoms with Gasteiger partial charge in [-0.1, -0.05) is 77.8 Å². The van der Waals surface area contributed by atoms with E-state index in [0.29, 0.717) is 16.3 Å². The smallest absolute Gasteiger partial charge is 0.244 e. The molecule has 0 heterocycles. The van der Waals surface area contributed by atoms with Gasteiger partial charge in [0.05, 0.1) is 11.9 Å². The third-order valence-corrected chi connectivity index (χ3v) is 7.51. The average molecular weight is 556 g/mol. The Bertz CT molecular complexity index is 1350. The molecule has 0 unspecified atom stereocenters. The molecule has 0 aliphatic carbocycles. The van der Waals surface area contributed by atoms with Crippen LogP contribution in [0.1, 0.15) is 30.5 Å². The van der Waals surface area contributed by atoms with Crippen LogP contribution in [0, 0.1) is 6.92 Å². The first-order valence-corrected chi connectivity index (χ1v) is 14.6. The van der Waals surface area contributed by atoms with Crippen LogP contribution in [0.3, 0.4) is 0 Å². The van der Waals surface area contributed by atoms with E-state index in [1.165, 1.54) is 4.90 Å². The van der Waals surface area contributed by atoms with Gasteiger partial charge in [-0.2, -0.15) is 0 Å². The van der Waals surface area contributed by atoms with Crippen LogP contribution >= 0.6 is 11.6 Å². The Morgan fingerprint density at radius 1 is 0.921 bits per heavy atom. The minimum absolute atomic E-state index is 0.0347. The molecular formula is C29H34ClN3O4S. The van der Waals surface area contributed by atoms with Crippen LogP contribution in [0.2, 0.25) is 5.02 Å². The zero-order valence-electron chi connectivity index (χ0n) is 22.1. The highest BCUT2D eigenvalue weighted by Crippen LogP contribution is 2.23. The highest BCUT2D eigenvalue weighted by Gasteiger charge is 2.33. The van der Waals surface area contributed by atoms with Gasteiger partial charge < -0.3 is 10.2 Å². The van der Waals surface area contributed by atoms with Crippen LogP contribution in [-0.2, 0) is 32.6 Å². The van der Waals surface area contributed by atoms with E-state index in [0.717, 1.165) is 21.7 Å². The van der Waals surface area contributed by atoms with Crippen LogP contribution in [0.25, 0.3) is 0 Å². The van der Waals surface area contributed by atoms with Gasteiger partial charge in [0.1, 0.15) is 12.6 Å². The molecule has 2 amide bonds. The van der Waals surface area contributed by atoms with Crippen LogP contribution in [-0.4, -0.2) is 50.0 Å². The largest absolute Gasteiger partial charge is 0.352 e. The van der Waals surface area contributed by atoms with Gasteiger partial charge in [-0.3, -0.25) is 13.9 Å². The number of nitrogens with one attached hydrogen (secondary N) is 1. The summed E-state index contributed by atoms with van der Waals surface area (Å²) in [5.74, 6) is -0.846.